The Morgan fingerprint density at radius 2 is 2.25 bits per heavy atom. The van der Waals surface area contributed by atoms with E-state index in [9.17, 15) is 0 Å². The predicted octanol–water partition coefficient (Wildman–Crippen LogP) is 2.03. The number of aryl methyl sites for hydroxylation is 1. The van der Waals surface area contributed by atoms with Gasteiger partial charge in [-0.2, -0.15) is 0 Å². The minimum atomic E-state index is 0.764. The van der Waals surface area contributed by atoms with Crippen molar-refractivity contribution in [1.82, 2.24) is 14.5 Å². The van der Waals surface area contributed by atoms with Crippen molar-refractivity contribution in [2.75, 3.05) is 0 Å². The Hall–Kier alpha value is -2.69. The first-order chi connectivity index (χ1) is 9.84. The van der Waals surface area contributed by atoms with Gasteiger partial charge in [0.15, 0.2) is 6.54 Å². The molecular formula is C15H11N4O+. The Bertz CT molecular complexity index is 996. The van der Waals surface area contributed by atoms with Crippen LogP contribution in [0.4, 0.5) is 0 Å². The quantitative estimate of drug-likeness (QED) is 0.402. The van der Waals surface area contributed by atoms with Crippen LogP contribution in [0.15, 0.2) is 41.2 Å². The highest BCUT2D eigenvalue weighted by Gasteiger charge is 2.37. The minimum Gasteiger partial charge on any atom is -0.380 e. The molecule has 4 aromatic rings. The van der Waals surface area contributed by atoms with Gasteiger partial charge in [0.2, 0.25) is 0 Å². The summed E-state index contributed by atoms with van der Waals surface area (Å²) in [4.78, 5) is 8.64. The first-order valence-electron chi connectivity index (χ1n) is 6.53. The molecule has 5 heterocycles. The van der Waals surface area contributed by atoms with Crippen molar-refractivity contribution in [3.8, 4) is 11.5 Å². The molecular weight excluding hydrogens is 252 g/mol. The summed E-state index contributed by atoms with van der Waals surface area (Å²) in [6.45, 7) is 0.764. The zero-order valence-corrected chi connectivity index (χ0v) is 10.9. The Kier molecular flexibility index (Phi) is 1.65. The average Bonchev–Trinajstić information content (AvgIpc) is 3.09. The molecule has 0 fully saturated rings. The second-order valence-corrected chi connectivity index (χ2v) is 5.10. The molecule has 0 amide bonds. The lowest BCUT2D eigenvalue weighted by Gasteiger charge is -1.93. The van der Waals surface area contributed by atoms with E-state index in [4.69, 9.17) is 4.42 Å². The van der Waals surface area contributed by atoms with Crippen LogP contribution in [0.5, 0.6) is 0 Å². The van der Waals surface area contributed by atoms with E-state index in [-0.39, 0.29) is 0 Å². The third-order valence-corrected chi connectivity index (χ3v) is 4.06. The summed E-state index contributed by atoms with van der Waals surface area (Å²) in [5.41, 5.74) is 5.25. The van der Waals surface area contributed by atoms with Gasteiger partial charge in [0, 0.05) is 19.4 Å². The number of oxazole rings is 1. The molecule has 0 aromatic carbocycles. The van der Waals surface area contributed by atoms with Crippen LogP contribution in [0.25, 0.3) is 33.6 Å². The van der Waals surface area contributed by atoms with Crippen LogP contribution in [-0.2, 0) is 13.6 Å². The summed E-state index contributed by atoms with van der Waals surface area (Å²) < 4.78 is 10.4. The summed E-state index contributed by atoms with van der Waals surface area (Å²) in [5.74, 6) is 0.896. The fraction of sp³-hybridized carbons (Fsp3) is 0.133. The van der Waals surface area contributed by atoms with E-state index in [2.05, 4.69) is 25.2 Å². The van der Waals surface area contributed by atoms with E-state index in [1.165, 1.54) is 5.39 Å². The van der Waals surface area contributed by atoms with E-state index in [0.29, 0.717) is 0 Å². The molecule has 0 spiro atoms. The molecule has 5 nitrogen and oxygen atoms in total. The lowest BCUT2D eigenvalue weighted by atomic mass is 10.2. The first kappa shape index (κ1) is 10.1. The molecule has 0 bridgehead atoms. The van der Waals surface area contributed by atoms with E-state index >= 15 is 0 Å². The van der Waals surface area contributed by atoms with Crippen molar-refractivity contribution in [3.05, 3.63) is 42.5 Å². The van der Waals surface area contributed by atoms with E-state index in [1.807, 2.05) is 37.8 Å². The van der Waals surface area contributed by atoms with Crippen molar-refractivity contribution in [2.45, 2.75) is 6.54 Å². The molecule has 5 rings (SSSR count). The monoisotopic (exact) mass is 263 g/mol. The van der Waals surface area contributed by atoms with E-state index in [1.54, 1.807) is 0 Å². The summed E-state index contributed by atoms with van der Waals surface area (Å²) in [6, 6.07) is 6.05. The maximum atomic E-state index is 6.11. The van der Waals surface area contributed by atoms with Crippen molar-refractivity contribution >= 4 is 22.1 Å². The fourth-order valence-electron chi connectivity index (χ4n) is 3.12. The summed E-state index contributed by atoms with van der Waals surface area (Å²) >= 11 is 0. The van der Waals surface area contributed by atoms with E-state index < -0.39 is 0 Å². The number of pyridine rings is 2. The summed E-state index contributed by atoms with van der Waals surface area (Å²) in [5, 5.41) is 1.17. The number of hydrogen-bond acceptors (Lipinski definition) is 3. The molecule has 96 valence electrons. The Morgan fingerprint density at radius 3 is 3.20 bits per heavy atom. The molecule has 0 N–H and O–H groups in total. The molecule has 0 radical (unpaired) electrons. The Morgan fingerprint density at radius 1 is 1.30 bits per heavy atom. The summed E-state index contributed by atoms with van der Waals surface area (Å²) in [6.07, 6.45) is 5.52. The molecule has 0 saturated heterocycles. The van der Waals surface area contributed by atoms with Gasteiger partial charge in [0.1, 0.15) is 11.3 Å². The second-order valence-electron chi connectivity index (χ2n) is 5.10. The van der Waals surface area contributed by atoms with Gasteiger partial charge in [-0.05, 0) is 18.2 Å². The zero-order valence-electron chi connectivity index (χ0n) is 10.9. The number of aromatic nitrogens is 4. The molecule has 0 saturated carbocycles. The molecule has 20 heavy (non-hydrogen) atoms. The molecule has 1 aliphatic heterocycles. The van der Waals surface area contributed by atoms with Crippen LogP contribution in [0, 0.1) is 0 Å². The predicted molar refractivity (Wildman–Crippen MR) is 73.0 cm³/mol. The van der Waals surface area contributed by atoms with Crippen LogP contribution >= 0.6 is 0 Å². The highest BCUT2D eigenvalue weighted by atomic mass is 16.4. The molecule has 1 aliphatic rings. The van der Waals surface area contributed by atoms with Crippen LogP contribution in [0.1, 0.15) is 5.69 Å². The topological polar surface area (TPSA) is 47.7 Å². The SMILES string of the molecule is Cn1c2cnccc2c2c1oc1[n+]2Cc2ncccc2-1. The van der Waals surface area contributed by atoms with Crippen LogP contribution in [0.2, 0.25) is 0 Å². The van der Waals surface area contributed by atoms with Gasteiger partial charge in [0.05, 0.1) is 17.1 Å². The van der Waals surface area contributed by atoms with Gasteiger partial charge < -0.3 is 8.98 Å². The average molecular weight is 263 g/mol. The van der Waals surface area contributed by atoms with Crippen LogP contribution in [-0.4, -0.2) is 14.5 Å². The first-order valence-corrected chi connectivity index (χ1v) is 6.53. The highest BCUT2D eigenvalue weighted by molar-refractivity contribution is 6.02. The Labute approximate surface area is 114 Å². The van der Waals surface area contributed by atoms with Gasteiger partial charge >= 0.3 is 5.89 Å². The maximum Gasteiger partial charge on any atom is 0.385 e. The number of rotatable bonds is 0. The lowest BCUT2D eigenvalue weighted by molar-refractivity contribution is -0.649. The molecule has 0 atom stereocenters. The third kappa shape index (κ3) is 1.02. The number of nitrogens with zero attached hydrogens (tertiary/aromatic N) is 4. The van der Waals surface area contributed by atoms with Gasteiger partial charge in [0.25, 0.3) is 11.2 Å². The molecule has 0 aliphatic carbocycles. The largest absolute Gasteiger partial charge is 0.385 e. The Balaban J connectivity index is 1.97. The number of hydrogen-bond donors (Lipinski definition) is 0. The molecule has 4 aromatic heterocycles. The summed E-state index contributed by atoms with van der Waals surface area (Å²) in [7, 11) is 2.01. The van der Waals surface area contributed by atoms with Crippen molar-refractivity contribution in [1.29, 1.82) is 0 Å². The van der Waals surface area contributed by atoms with Gasteiger partial charge in [-0.25, -0.2) is 0 Å². The van der Waals surface area contributed by atoms with E-state index in [0.717, 1.165) is 40.4 Å². The lowest BCUT2D eigenvalue weighted by Crippen LogP contribution is -2.30. The van der Waals surface area contributed by atoms with Crippen molar-refractivity contribution < 1.29 is 8.98 Å². The van der Waals surface area contributed by atoms with Crippen molar-refractivity contribution in [3.63, 3.8) is 0 Å². The maximum absolute atomic E-state index is 6.11. The second kappa shape index (κ2) is 3.25. The van der Waals surface area contributed by atoms with Gasteiger partial charge in [-0.1, -0.05) is 0 Å². The normalized spacial score (nSPS) is 13.1. The smallest absolute Gasteiger partial charge is 0.380 e. The fourth-order valence-corrected chi connectivity index (χ4v) is 3.12. The molecule has 0 unspecified atom stereocenters. The minimum absolute atomic E-state index is 0.764. The highest BCUT2D eigenvalue weighted by Crippen LogP contribution is 2.34. The van der Waals surface area contributed by atoms with Crippen molar-refractivity contribution in [2.24, 2.45) is 7.05 Å². The van der Waals surface area contributed by atoms with Gasteiger partial charge in [-0.15, -0.1) is 4.57 Å². The van der Waals surface area contributed by atoms with Gasteiger partial charge in [-0.3, -0.25) is 9.97 Å². The number of fused-ring (bicyclic) bond motifs is 7. The molecule has 5 heteroatoms. The standard InChI is InChI=1S/C15H11N4O/c1-18-12-7-16-6-4-10(12)13-15(18)20-14-9-3-2-5-17-11(9)8-19(13)14/h2-7H,8H2,1H3/q+1. The van der Waals surface area contributed by atoms with Crippen LogP contribution < -0.4 is 4.57 Å². The van der Waals surface area contributed by atoms with Crippen LogP contribution in [0.3, 0.4) is 0 Å². The zero-order chi connectivity index (χ0) is 13.3. The third-order valence-electron chi connectivity index (χ3n) is 4.06.